The van der Waals surface area contributed by atoms with Crippen LogP contribution in [-0.2, 0) is 27.8 Å². The highest BCUT2D eigenvalue weighted by Gasteiger charge is 2.22. The number of nitrogens with zero attached hydrogens (tertiary/aromatic N) is 2. The monoisotopic (exact) mass is 475 g/mol. The normalized spacial score (nSPS) is 11.8. The van der Waals surface area contributed by atoms with Crippen LogP contribution < -0.4 is 5.32 Å². The second-order valence-corrected chi connectivity index (χ2v) is 10.1. The number of aromatic nitrogens is 1. The summed E-state index contributed by atoms with van der Waals surface area (Å²) in [5.41, 5.74) is 1.67. The molecule has 7 nitrogen and oxygen atoms in total. The number of rotatable bonds is 9. The van der Waals surface area contributed by atoms with Gasteiger partial charge in [-0.2, -0.15) is 4.31 Å². The second-order valence-electron chi connectivity index (χ2n) is 7.66. The first-order valence-corrected chi connectivity index (χ1v) is 12.0. The van der Waals surface area contributed by atoms with Gasteiger partial charge in [0.05, 0.1) is 11.1 Å². The van der Waals surface area contributed by atoms with Gasteiger partial charge in [0, 0.05) is 43.1 Å². The number of hydrogen-bond donors (Lipinski definition) is 1. The largest absolute Gasteiger partial charge is 0.441 e. The van der Waals surface area contributed by atoms with Gasteiger partial charge < -0.3 is 9.73 Å². The molecule has 3 rings (SSSR count). The quantitative estimate of drug-likeness (QED) is 0.498. The van der Waals surface area contributed by atoms with E-state index in [-0.39, 0.29) is 23.3 Å². The van der Waals surface area contributed by atoms with Gasteiger partial charge in [0.1, 0.15) is 0 Å². The minimum Gasteiger partial charge on any atom is -0.441 e. The molecule has 9 heteroatoms. The number of oxazole rings is 1. The van der Waals surface area contributed by atoms with Gasteiger partial charge in [-0.1, -0.05) is 23.7 Å². The third-order valence-electron chi connectivity index (χ3n) is 5.07. The van der Waals surface area contributed by atoms with Crippen molar-refractivity contribution in [2.75, 3.05) is 7.05 Å². The van der Waals surface area contributed by atoms with Crippen LogP contribution in [0.15, 0.2) is 64.0 Å². The van der Waals surface area contributed by atoms with E-state index in [1.807, 2.05) is 26.0 Å². The highest BCUT2D eigenvalue weighted by atomic mass is 35.5. The molecule has 3 aromatic rings. The third-order valence-corrected chi connectivity index (χ3v) is 7.37. The van der Waals surface area contributed by atoms with Gasteiger partial charge in [0.25, 0.3) is 0 Å². The van der Waals surface area contributed by atoms with Crippen LogP contribution in [0.2, 0.25) is 5.02 Å². The Hall–Kier alpha value is -2.68. The lowest BCUT2D eigenvalue weighted by atomic mass is 10.2. The van der Waals surface area contributed by atoms with E-state index >= 15 is 0 Å². The number of amides is 1. The van der Waals surface area contributed by atoms with Crippen LogP contribution in [0.3, 0.4) is 0 Å². The Kier molecular flexibility index (Phi) is 7.71. The Labute approximate surface area is 193 Å². The molecular weight excluding hydrogens is 450 g/mol. The van der Waals surface area contributed by atoms with Crippen LogP contribution in [0.25, 0.3) is 11.3 Å². The smallest absolute Gasteiger partial charge is 0.243 e. The molecule has 1 heterocycles. The van der Waals surface area contributed by atoms with Crippen molar-refractivity contribution in [3.8, 4) is 11.3 Å². The summed E-state index contributed by atoms with van der Waals surface area (Å²) in [7, 11) is -1.97. The van der Waals surface area contributed by atoms with Crippen molar-refractivity contribution >= 4 is 27.5 Å². The minimum atomic E-state index is -3.52. The number of carbonyl (C=O) groups excluding carboxylic acids is 1. The van der Waals surface area contributed by atoms with Crippen molar-refractivity contribution in [2.24, 2.45) is 0 Å². The molecule has 32 heavy (non-hydrogen) atoms. The molecule has 1 N–H and O–H groups in total. The molecule has 0 saturated carbocycles. The molecule has 0 aliphatic rings. The van der Waals surface area contributed by atoms with E-state index in [4.69, 9.17) is 16.0 Å². The Bertz CT molecular complexity index is 1160. The number of sulfonamides is 1. The summed E-state index contributed by atoms with van der Waals surface area (Å²) in [6, 6.07) is 13.6. The molecular formula is C23H26ClN3O4S. The molecule has 0 radical (unpaired) electrons. The standard InChI is InChI=1S/C23H26ClN3O4S/c1-16(2)27(3)32(29,30)20-10-4-17(5-11-20)14-25-22(28)12-13-23-26-15-21(31-23)18-6-8-19(24)9-7-18/h4-11,15-16H,12-14H2,1-3H3,(H,25,28). The third kappa shape index (κ3) is 5.97. The topological polar surface area (TPSA) is 92.5 Å². The fourth-order valence-electron chi connectivity index (χ4n) is 2.91. The second kappa shape index (κ2) is 10.3. The lowest BCUT2D eigenvalue weighted by Gasteiger charge is -2.21. The van der Waals surface area contributed by atoms with Gasteiger partial charge in [-0.3, -0.25) is 4.79 Å². The summed E-state index contributed by atoms with van der Waals surface area (Å²) in [4.78, 5) is 16.6. The molecule has 1 aromatic heterocycles. The van der Waals surface area contributed by atoms with Crippen LogP contribution >= 0.6 is 11.6 Å². The molecule has 0 spiro atoms. The summed E-state index contributed by atoms with van der Waals surface area (Å²) in [6.07, 6.45) is 2.23. The summed E-state index contributed by atoms with van der Waals surface area (Å²) in [5, 5.41) is 3.47. The molecule has 0 saturated heterocycles. The van der Waals surface area contributed by atoms with Crippen molar-refractivity contribution in [3.63, 3.8) is 0 Å². The van der Waals surface area contributed by atoms with E-state index in [1.54, 1.807) is 49.6 Å². The van der Waals surface area contributed by atoms with Gasteiger partial charge in [-0.05, 0) is 55.8 Å². The van der Waals surface area contributed by atoms with Crippen molar-refractivity contribution < 1.29 is 17.6 Å². The zero-order valence-corrected chi connectivity index (χ0v) is 19.8. The van der Waals surface area contributed by atoms with E-state index in [9.17, 15) is 13.2 Å². The lowest BCUT2D eigenvalue weighted by Crippen LogP contribution is -2.33. The molecule has 0 atom stereocenters. The number of carbonyl (C=O) groups is 1. The number of nitrogens with one attached hydrogen (secondary N) is 1. The maximum atomic E-state index is 12.5. The Morgan fingerprint density at radius 1 is 1.12 bits per heavy atom. The average molecular weight is 476 g/mol. The molecule has 170 valence electrons. The summed E-state index contributed by atoms with van der Waals surface area (Å²) in [6.45, 7) is 3.94. The Morgan fingerprint density at radius 3 is 2.41 bits per heavy atom. The van der Waals surface area contributed by atoms with Crippen LogP contribution in [0, 0.1) is 0 Å². The fourth-order valence-corrected chi connectivity index (χ4v) is 4.40. The van der Waals surface area contributed by atoms with E-state index < -0.39 is 10.0 Å². The van der Waals surface area contributed by atoms with E-state index in [2.05, 4.69) is 10.3 Å². The predicted octanol–water partition coefficient (Wildman–Crippen LogP) is 4.27. The SMILES string of the molecule is CC(C)N(C)S(=O)(=O)c1ccc(CNC(=O)CCc2ncc(-c3ccc(Cl)cc3)o2)cc1. The van der Waals surface area contributed by atoms with Crippen LogP contribution in [0.4, 0.5) is 0 Å². The summed E-state index contributed by atoms with van der Waals surface area (Å²) >= 11 is 5.89. The van der Waals surface area contributed by atoms with Gasteiger partial charge in [0.2, 0.25) is 15.9 Å². The maximum absolute atomic E-state index is 12.5. The van der Waals surface area contributed by atoms with Crippen molar-refractivity contribution in [3.05, 3.63) is 71.2 Å². The number of hydrogen-bond acceptors (Lipinski definition) is 5. The molecule has 2 aromatic carbocycles. The van der Waals surface area contributed by atoms with Crippen molar-refractivity contribution in [1.29, 1.82) is 0 Å². The lowest BCUT2D eigenvalue weighted by molar-refractivity contribution is -0.121. The van der Waals surface area contributed by atoms with E-state index in [0.29, 0.717) is 29.6 Å². The van der Waals surface area contributed by atoms with Crippen LogP contribution in [-0.4, -0.2) is 36.7 Å². The van der Waals surface area contributed by atoms with Gasteiger partial charge in [-0.15, -0.1) is 0 Å². The van der Waals surface area contributed by atoms with Crippen LogP contribution in [0.1, 0.15) is 31.7 Å². The highest BCUT2D eigenvalue weighted by molar-refractivity contribution is 7.89. The molecule has 1 amide bonds. The zero-order valence-electron chi connectivity index (χ0n) is 18.2. The highest BCUT2D eigenvalue weighted by Crippen LogP contribution is 2.23. The first kappa shape index (κ1) is 24.0. The predicted molar refractivity (Wildman–Crippen MR) is 124 cm³/mol. The Morgan fingerprint density at radius 2 is 1.78 bits per heavy atom. The Balaban J connectivity index is 1.50. The van der Waals surface area contributed by atoms with Crippen LogP contribution in [0.5, 0.6) is 0 Å². The summed E-state index contributed by atoms with van der Waals surface area (Å²) in [5.74, 6) is 0.955. The van der Waals surface area contributed by atoms with Crippen molar-refractivity contribution in [1.82, 2.24) is 14.6 Å². The molecule has 0 fully saturated rings. The number of halogens is 1. The van der Waals surface area contributed by atoms with Gasteiger partial charge >= 0.3 is 0 Å². The zero-order chi connectivity index (χ0) is 23.3. The molecule has 0 aliphatic heterocycles. The van der Waals surface area contributed by atoms with E-state index in [1.165, 1.54) is 4.31 Å². The minimum absolute atomic E-state index is 0.134. The van der Waals surface area contributed by atoms with Gasteiger partial charge in [-0.25, -0.2) is 13.4 Å². The molecule has 0 unspecified atom stereocenters. The number of aryl methyl sites for hydroxylation is 1. The van der Waals surface area contributed by atoms with Crippen molar-refractivity contribution in [2.45, 2.75) is 44.2 Å². The van der Waals surface area contributed by atoms with Gasteiger partial charge in [0.15, 0.2) is 11.7 Å². The summed E-state index contributed by atoms with van der Waals surface area (Å²) < 4.78 is 32.1. The molecule has 0 bridgehead atoms. The van der Waals surface area contributed by atoms with E-state index in [0.717, 1.165) is 11.1 Å². The first-order chi connectivity index (χ1) is 15.2. The number of benzene rings is 2. The maximum Gasteiger partial charge on any atom is 0.243 e. The fraction of sp³-hybridized carbons (Fsp3) is 0.304. The first-order valence-electron chi connectivity index (χ1n) is 10.2. The molecule has 0 aliphatic carbocycles. The average Bonchev–Trinajstić information content (AvgIpc) is 3.25.